The number of para-hydroxylation sites is 3. The molecule has 0 fully saturated rings. The fourth-order valence-corrected chi connectivity index (χ4v) is 2.91. The van der Waals surface area contributed by atoms with Crippen LogP contribution in [0.15, 0.2) is 54.9 Å². The lowest BCUT2D eigenvalue weighted by Gasteiger charge is -2.16. The zero-order valence-corrected chi connectivity index (χ0v) is 16.5. The molecule has 3 rings (SSSR count). The van der Waals surface area contributed by atoms with Gasteiger partial charge in [-0.15, -0.1) is 0 Å². The fourth-order valence-electron chi connectivity index (χ4n) is 2.91. The lowest BCUT2D eigenvalue weighted by molar-refractivity contribution is 0.102. The molecule has 0 atom stereocenters. The van der Waals surface area contributed by atoms with E-state index in [0.29, 0.717) is 23.2 Å². The van der Waals surface area contributed by atoms with Crippen LogP contribution in [0.3, 0.4) is 0 Å². The Hall–Kier alpha value is -3.41. The van der Waals surface area contributed by atoms with Gasteiger partial charge in [-0.05, 0) is 36.1 Å². The molecule has 0 radical (unpaired) electrons. The SMILES string of the molecule is COc1ccccc1NC(=O)c1cnc(Nc2c(C)cccc2C(C)C)cn1. The minimum atomic E-state index is -0.345. The number of amides is 1. The van der Waals surface area contributed by atoms with Crippen molar-refractivity contribution in [2.24, 2.45) is 0 Å². The van der Waals surface area contributed by atoms with Gasteiger partial charge in [0.15, 0.2) is 0 Å². The van der Waals surface area contributed by atoms with Crippen LogP contribution in [0.1, 0.15) is 41.4 Å². The molecule has 0 bridgehead atoms. The summed E-state index contributed by atoms with van der Waals surface area (Å²) in [5, 5.41) is 6.12. The molecule has 3 aromatic rings. The summed E-state index contributed by atoms with van der Waals surface area (Å²) >= 11 is 0. The first-order valence-electron chi connectivity index (χ1n) is 9.12. The van der Waals surface area contributed by atoms with Gasteiger partial charge in [0.2, 0.25) is 0 Å². The van der Waals surface area contributed by atoms with E-state index >= 15 is 0 Å². The van der Waals surface area contributed by atoms with Gasteiger partial charge in [0.1, 0.15) is 17.3 Å². The number of aryl methyl sites for hydroxylation is 1. The first kappa shape index (κ1) is 19.4. The highest BCUT2D eigenvalue weighted by Crippen LogP contribution is 2.29. The van der Waals surface area contributed by atoms with Crippen LogP contribution in [0.2, 0.25) is 0 Å². The van der Waals surface area contributed by atoms with Crippen molar-refractivity contribution in [1.29, 1.82) is 0 Å². The van der Waals surface area contributed by atoms with Crippen molar-refractivity contribution in [3.05, 3.63) is 71.7 Å². The fraction of sp³-hybridized carbons (Fsp3) is 0.227. The summed E-state index contributed by atoms with van der Waals surface area (Å²) in [6.45, 7) is 6.35. The van der Waals surface area contributed by atoms with E-state index in [-0.39, 0.29) is 11.6 Å². The lowest BCUT2D eigenvalue weighted by Crippen LogP contribution is -2.15. The Morgan fingerprint density at radius 2 is 1.82 bits per heavy atom. The van der Waals surface area contributed by atoms with Crippen molar-refractivity contribution in [3.63, 3.8) is 0 Å². The van der Waals surface area contributed by atoms with Crippen molar-refractivity contribution in [2.75, 3.05) is 17.7 Å². The van der Waals surface area contributed by atoms with Crippen LogP contribution < -0.4 is 15.4 Å². The predicted molar refractivity (Wildman–Crippen MR) is 112 cm³/mol. The third-order valence-electron chi connectivity index (χ3n) is 4.42. The molecule has 6 heteroatoms. The Morgan fingerprint density at radius 3 is 2.50 bits per heavy atom. The highest BCUT2D eigenvalue weighted by molar-refractivity contribution is 6.03. The van der Waals surface area contributed by atoms with E-state index in [1.807, 2.05) is 18.2 Å². The van der Waals surface area contributed by atoms with Gasteiger partial charge in [0, 0.05) is 5.69 Å². The summed E-state index contributed by atoms with van der Waals surface area (Å²) in [5.41, 5.74) is 4.18. The molecule has 0 saturated heterocycles. The second-order valence-corrected chi connectivity index (χ2v) is 6.76. The van der Waals surface area contributed by atoms with Gasteiger partial charge in [-0.1, -0.05) is 44.2 Å². The number of nitrogens with zero attached hydrogens (tertiary/aromatic N) is 2. The second kappa shape index (κ2) is 8.52. The van der Waals surface area contributed by atoms with Crippen molar-refractivity contribution in [2.45, 2.75) is 26.7 Å². The van der Waals surface area contributed by atoms with Gasteiger partial charge in [-0.25, -0.2) is 9.97 Å². The monoisotopic (exact) mass is 376 g/mol. The third-order valence-corrected chi connectivity index (χ3v) is 4.42. The maximum atomic E-state index is 12.5. The van der Waals surface area contributed by atoms with E-state index in [1.165, 1.54) is 11.8 Å². The van der Waals surface area contributed by atoms with E-state index in [2.05, 4.69) is 53.5 Å². The van der Waals surface area contributed by atoms with Crippen LogP contribution >= 0.6 is 0 Å². The molecular weight excluding hydrogens is 352 g/mol. The molecule has 6 nitrogen and oxygen atoms in total. The predicted octanol–water partition coefficient (Wildman–Crippen LogP) is 4.91. The molecule has 2 N–H and O–H groups in total. The number of nitrogens with one attached hydrogen (secondary N) is 2. The molecule has 1 amide bonds. The van der Waals surface area contributed by atoms with E-state index in [9.17, 15) is 4.79 Å². The molecule has 28 heavy (non-hydrogen) atoms. The van der Waals surface area contributed by atoms with E-state index < -0.39 is 0 Å². The standard InChI is InChI=1S/C22H24N4O2/c1-14(2)16-9-7-8-15(3)21(16)26-20-13-23-18(12-24-20)22(27)25-17-10-5-6-11-19(17)28-4/h5-14H,1-4H3,(H,24,26)(H,25,27). The minimum Gasteiger partial charge on any atom is -0.495 e. The zero-order chi connectivity index (χ0) is 20.1. The summed E-state index contributed by atoms with van der Waals surface area (Å²) in [7, 11) is 1.56. The number of methoxy groups -OCH3 is 1. The summed E-state index contributed by atoms with van der Waals surface area (Å²) in [6, 6.07) is 13.4. The number of hydrogen-bond acceptors (Lipinski definition) is 5. The van der Waals surface area contributed by atoms with Crippen LogP contribution in [0.4, 0.5) is 17.2 Å². The molecule has 0 spiro atoms. The average Bonchev–Trinajstić information content (AvgIpc) is 2.70. The summed E-state index contributed by atoms with van der Waals surface area (Å²) in [5.74, 6) is 1.21. The Kier molecular flexibility index (Phi) is 5.89. The van der Waals surface area contributed by atoms with Gasteiger partial charge in [0.05, 0.1) is 25.2 Å². The maximum absolute atomic E-state index is 12.5. The molecule has 0 unspecified atom stereocenters. The number of carbonyl (C=O) groups is 1. The number of carbonyl (C=O) groups excluding carboxylic acids is 1. The van der Waals surface area contributed by atoms with Crippen molar-refractivity contribution >= 4 is 23.1 Å². The number of rotatable bonds is 6. The average molecular weight is 376 g/mol. The van der Waals surface area contributed by atoms with Gasteiger partial charge in [-0.2, -0.15) is 0 Å². The maximum Gasteiger partial charge on any atom is 0.275 e. The van der Waals surface area contributed by atoms with Crippen molar-refractivity contribution < 1.29 is 9.53 Å². The van der Waals surface area contributed by atoms with Gasteiger partial charge in [0.25, 0.3) is 5.91 Å². The normalized spacial score (nSPS) is 10.6. The van der Waals surface area contributed by atoms with Crippen LogP contribution in [0, 0.1) is 6.92 Å². The lowest BCUT2D eigenvalue weighted by atomic mass is 9.98. The second-order valence-electron chi connectivity index (χ2n) is 6.76. The smallest absolute Gasteiger partial charge is 0.275 e. The highest BCUT2D eigenvalue weighted by Gasteiger charge is 2.13. The number of hydrogen-bond donors (Lipinski definition) is 2. The molecule has 2 aromatic carbocycles. The zero-order valence-electron chi connectivity index (χ0n) is 16.5. The number of aromatic nitrogens is 2. The van der Waals surface area contributed by atoms with Crippen LogP contribution in [-0.2, 0) is 0 Å². The number of anilines is 3. The third kappa shape index (κ3) is 4.28. The molecular formula is C22H24N4O2. The molecule has 0 aliphatic rings. The first-order valence-corrected chi connectivity index (χ1v) is 9.12. The van der Waals surface area contributed by atoms with E-state index in [0.717, 1.165) is 11.3 Å². The number of benzene rings is 2. The molecule has 144 valence electrons. The van der Waals surface area contributed by atoms with Crippen LogP contribution in [0.5, 0.6) is 5.75 Å². The molecule has 1 aromatic heterocycles. The highest BCUT2D eigenvalue weighted by atomic mass is 16.5. The van der Waals surface area contributed by atoms with Crippen LogP contribution in [-0.4, -0.2) is 23.0 Å². The Balaban J connectivity index is 1.76. The molecule has 0 aliphatic carbocycles. The van der Waals surface area contributed by atoms with Gasteiger partial charge >= 0.3 is 0 Å². The quantitative estimate of drug-likeness (QED) is 0.639. The minimum absolute atomic E-state index is 0.227. The van der Waals surface area contributed by atoms with Gasteiger partial charge in [-0.3, -0.25) is 4.79 Å². The number of ether oxygens (including phenoxy) is 1. The Bertz CT molecular complexity index is 969. The van der Waals surface area contributed by atoms with E-state index in [4.69, 9.17) is 4.74 Å². The molecule has 1 heterocycles. The summed E-state index contributed by atoms with van der Waals surface area (Å²) < 4.78 is 5.25. The van der Waals surface area contributed by atoms with Gasteiger partial charge < -0.3 is 15.4 Å². The van der Waals surface area contributed by atoms with Crippen molar-refractivity contribution in [3.8, 4) is 5.75 Å². The summed E-state index contributed by atoms with van der Waals surface area (Å²) in [6.07, 6.45) is 3.02. The Morgan fingerprint density at radius 1 is 1.04 bits per heavy atom. The van der Waals surface area contributed by atoms with Crippen LogP contribution in [0.25, 0.3) is 0 Å². The molecule has 0 aliphatic heterocycles. The topological polar surface area (TPSA) is 76.1 Å². The summed E-state index contributed by atoms with van der Waals surface area (Å²) in [4.78, 5) is 21.1. The largest absolute Gasteiger partial charge is 0.495 e. The van der Waals surface area contributed by atoms with E-state index in [1.54, 1.807) is 25.4 Å². The molecule has 0 saturated carbocycles. The van der Waals surface area contributed by atoms with Crippen molar-refractivity contribution in [1.82, 2.24) is 9.97 Å². The Labute approximate surface area is 165 Å². The first-order chi connectivity index (χ1) is 13.5.